The lowest BCUT2D eigenvalue weighted by Crippen LogP contribution is -2.17. The van der Waals surface area contributed by atoms with Gasteiger partial charge >= 0.3 is 0 Å². The van der Waals surface area contributed by atoms with Crippen LogP contribution in [0, 0.1) is 19.7 Å². The van der Waals surface area contributed by atoms with Gasteiger partial charge < -0.3 is 4.57 Å². The van der Waals surface area contributed by atoms with Crippen LogP contribution in [0.1, 0.15) is 29.1 Å². The molecule has 25 heavy (non-hydrogen) atoms. The van der Waals surface area contributed by atoms with Crippen molar-refractivity contribution in [2.24, 2.45) is 12.0 Å². The van der Waals surface area contributed by atoms with Crippen molar-refractivity contribution in [1.82, 2.24) is 14.5 Å². The van der Waals surface area contributed by atoms with Gasteiger partial charge in [0.05, 0.1) is 23.8 Å². The molecule has 130 valence electrons. The summed E-state index contributed by atoms with van der Waals surface area (Å²) >= 11 is 0. The lowest BCUT2D eigenvalue weighted by atomic mass is 10.1. The average molecular weight is 346 g/mol. The van der Waals surface area contributed by atoms with Crippen LogP contribution in [-0.4, -0.2) is 14.5 Å². The van der Waals surface area contributed by atoms with Gasteiger partial charge in [-0.25, -0.2) is 18.2 Å². The third-order valence-electron chi connectivity index (χ3n) is 4.12. The molecule has 0 N–H and O–H groups in total. The monoisotopic (exact) mass is 346 g/mol. The predicted molar refractivity (Wildman–Crippen MR) is 88.6 cm³/mol. The number of nitrogens with zero attached hydrogens (tertiary/aromatic N) is 4. The first-order valence-electron chi connectivity index (χ1n) is 7.74. The summed E-state index contributed by atoms with van der Waals surface area (Å²) in [6, 6.07) is 5.80. The Balaban J connectivity index is 2.13. The van der Waals surface area contributed by atoms with E-state index in [9.17, 15) is 13.2 Å². The van der Waals surface area contributed by atoms with Crippen LogP contribution in [0.2, 0.25) is 0 Å². The Labute approximate surface area is 142 Å². The van der Waals surface area contributed by atoms with Crippen molar-refractivity contribution in [3.63, 3.8) is 0 Å². The number of halogens is 3. The fraction of sp³-hybridized carbons (Fsp3) is 0.278. The van der Waals surface area contributed by atoms with Crippen molar-refractivity contribution < 1.29 is 13.2 Å². The molecule has 0 spiro atoms. The van der Waals surface area contributed by atoms with Gasteiger partial charge in [-0.3, -0.25) is 9.98 Å². The number of pyridine rings is 1. The molecule has 0 aliphatic rings. The van der Waals surface area contributed by atoms with Gasteiger partial charge in [-0.2, -0.15) is 0 Å². The molecule has 0 bridgehead atoms. The van der Waals surface area contributed by atoms with E-state index in [1.54, 1.807) is 6.20 Å². The lowest BCUT2D eigenvalue weighted by Gasteiger charge is -2.10. The zero-order valence-corrected chi connectivity index (χ0v) is 14.1. The minimum absolute atomic E-state index is 0.0664. The van der Waals surface area contributed by atoms with E-state index in [-0.39, 0.29) is 12.1 Å². The van der Waals surface area contributed by atoms with Gasteiger partial charge in [0.15, 0.2) is 5.49 Å². The van der Waals surface area contributed by atoms with Crippen LogP contribution in [0.5, 0.6) is 0 Å². The molecule has 1 aromatic carbocycles. The fourth-order valence-electron chi connectivity index (χ4n) is 2.63. The summed E-state index contributed by atoms with van der Waals surface area (Å²) < 4.78 is 41.7. The largest absolute Gasteiger partial charge is 0.331 e. The summed E-state index contributed by atoms with van der Waals surface area (Å²) in [7, 11) is 1.87. The fourth-order valence-corrected chi connectivity index (χ4v) is 2.63. The molecule has 0 saturated heterocycles. The second-order valence-corrected chi connectivity index (χ2v) is 5.82. The van der Waals surface area contributed by atoms with Crippen LogP contribution in [0.25, 0.3) is 10.9 Å². The molecular weight excluding hydrogens is 329 g/mol. The Morgan fingerprint density at radius 2 is 2.00 bits per heavy atom. The van der Waals surface area contributed by atoms with E-state index >= 15 is 0 Å². The van der Waals surface area contributed by atoms with E-state index in [1.165, 1.54) is 12.1 Å². The first-order chi connectivity index (χ1) is 11.9. The highest BCUT2D eigenvalue weighted by atomic mass is 19.3. The van der Waals surface area contributed by atoms with Crippen LogP contribution >= 0.6 is 0 Å². The topological polar surface area (TPSA) is 43.1 Å². The molecular formula is C18H17F3N4. The van der Waals surface area contributed by atoms with Gasteiger partial charge in [-0.1, -0.05) is 18.2 Å². The standard InChI is InChI=1S/C18H17F3N4/c1-10-7-14-15(9-22-10)25(3)11(2)24-18(14)23-8-12-5-4-6-13(16(12)19)17(20)21/h4-7,9,17H,8H2,1-3H3. The summed E-state index contributed by atoms with van der Waals surface area (Å²) in [6.45, 7) is 3.62. The van der Waals surface area contributed by atoms with Crippen molar-refractivity contribution in [2.45, 2.75) is 26.8 Å². The van der Waals surface area contributed by atoms with Crippen molar-refractivity contribution in [3.05, 3.63) is 64.4 Å². The summed E-state index contributed by atoms with van der Waals surface area (Å²) in [5.41, 5.74) is 1.60. The van der Waals surface area contributed by atoms with Gasteiger partial charge in [0, 0.05) is 23.7 Å². The Hall–Kier alpha value is -2.70. The highest BCUT2D eigenvalue weighted by molar-refractivity contribution is 5.77. The van der Waals surface area contributed by atoms with Crippen LogP contribution < -0.4 is 5.49 Å². The number of benzene rings is 1. The van der Waals surface area contributed by atoms with Gasteiger partial charge in [-0.15, -0.1) is 0 Å². The molecule has 0 unspecified atom stereocenters. The van der Waals surface area contributed by atoms with Crippen molar-refractivity contribution in [3.8, 4) is 0 Å². The normalized spacial score (nSPS) is 12.4. The summed E-state index contributed by atoms with van der Waals surface area (Å²) in [4.78, 5) is 13.1. The van der Waals surface area contributed by atoms with Gasteiger partial charge in [0.1, 0.15) is 11.6 Å². The van der Waals surface area contributed by atoms with E-state index in [4.69, 9.17) is 0 Å². The summed E-state index contributed by atoms with van der Waals surface area (Å²) in [6.07, 6.45) is -1.12. The van der Waals surface area contributed by atoms with Gasteiger partial charge in [0.25, 0.3) is 6.43 Å². The summed E-state index contributed by atoms with van der Waals surface area (Å²) in [5.74, 6) is -0.194. The zero-order chi connectivity index (χ0) is 18.1. The highest BCUT2D eigenvalue weighted by Gasteiger charge is 2.15. The van der Waals surface area contributed by atoms with Crippen molar-refractivity contribution in [1.29, 1.82) is 0 Å². The molecule has 0 fully saturated rings. The molecule has 0 saturated carbocycles. The van der Waals surface area contributed by atoms with Crippen LogP contribution in [0.4, 0.5) is 13.2 Å². The van der Waals surface area contributed by atoms with E-state index in [0.717, 1.165) is 28.5 Å². The van der Waals surface area contributed by atoms with E-state index < -0.39 is 17.8 Å². The number of hydrogen-bond donors (Lipinski definition) is 0. The molecule has 0 radical (unpaired) electrons. The number of fused-ring (bicyclic) bond motifs is 1. The second-order valence-electron chi connectivity index (χ2n) is 5.82. The van der Waals surface area contributed by atoms with Crippen LogP contribution in [0.15, 0.2) is 35.5 Å². The van der Waals surface area contributed by atoms with Gasteiger partial charge in [0.2, 0.25) is 0 Å². The van der Waals surface area contributed by atoms with Crippen LogP contribution in [-0.2, 0) is 13.6 Å². The molecule has 2 heterocycles. The molecule has 4 nitrogen and oxygen atoms in total. The first kappa shape index (κ1) is 17.1. The predicted octanol–water partition coefficient (Wildman–Crippen LogP) is 3.76. The Bertz CT molecular complexity index is 1010. The maximum Gasteiger partial charge on any atom is 0.266 e. The smallest absolute Gasteiger partial charge is 0.266 e. The van der Waals surface area contributed by atoms with Crippen molar-refractivity contribution in [2.75, 3.05) is 0 Å². The Kier molecular flexibility index (Phi) is 4.57. The van der Waals surface area contributed by atoms with E-state index in [0.29, 0.717) is 5.49 Å². The number of aromatic nitrogens is 3. The molecule has 0 aliphatic heterocycles. The third-order valence-corrected chi connectivity index (χ3v) is 4.12. The summed E-state index contributed by atoms with van der Waals surface area (Å²) in [5, 5.41) is 0.783. The third kappa shape index (κ3) is 3.26. The van der Waals surface area contributed by atoms with Crippen LogP contribution in [0.3, 0.4) is 0 Å². The second kappa shape index (κ2) is 6.66. The molecule has 0 aliphatic carbocycles. The zero-order valence-electron chi connectivity index (χ0n) is 14.1. The van der Waals surface area contributed by atoms with Gasteiger partial charge in [-0.05, 0) is 19.9 Å². The quantitative estimate of drug-likeness (QED) is 0.725. The molecule has 0 amide bonds. The number of rotatable bonds is 3. The Morgan fingerprint density at radius 3 is 2.72 bits per heavy atom. The molecule has 3 aromatic rings. The minimum Gasteiger partial charge on any atom is -0.331 e. The number of aryl methyl sites for hydroxylation is 3. The average Bonchev–Trinajstić information content (AvgIpc) is 2.57. The SMILES string of the molecule is Cc1cc2c(=NCc3cccc(C(F)F)c3F)nc(C)n(C)c2cn1. The molecule has 0 atom stereocenters. The highest BCUT2D eigenvalue weighted by Crippen LogP contribution is 2.24. The first-order valence-corrected chi connectivity index (χ1v) is 7.74. The molecule has 2 aromatic heterocycles. The number of alkyl halides is 2. The molecule has 3 rings (SSSR count). The maximum atomic E-state index is 14.2. The van der Waals surface area contributed by atoms with Crippen molar-refractivity contribution >= 4 is 10.9 Å². The number of hydrogen-bond acceptors (Lipinski definition) is 3. The lowest BCUT2D eigenvalue weighted by molar-refractivity contribution is 0.146. The molecule has 7 heteroatoms. The Morgan fingerprint density at radius 1 is 1.24 bits per heavy atom. The maximum absolute atomic E-state index is 14.2. The van der Waals surface area contributed by atoms with E-state index in [2.05, 4.69) is 15.0 Å². The van der Waals surface area contributed by atoms with E-state index in [1.807, 2.05) is 31.5 Å². The minimum atomic E-state index is -2.86.